The Morgan fingerprint density at radius 3 is 2.45 bits per heavy atom. The van der Waals surface area contributed by atoms with Gasteiger partial charge in [-0.3, -0.25) is 9.59 Å². The molecule has 2 aromatic carbocycles. The number of hydrogen-bond donors (Lipinski definition) is 4. The summed E-state index contributed by atoms with van der Waals surface area (Å²) in [6.07, 6.45) is 1.45. The van der Waals surface area contributed by atoms with Crippen molar-refractivity contribution < 1.29 is 19.1 Å². The molecule has 0 saturated heterocycles. The normalized spacial score (nSPS) is 10.3. The summed E-state index contributed by atoms with van der Waals surface area (Å²) in [6.45, 7) is 3.49. The lowest BCUT2D eigenvalue weighted by molar-refractivity contribution is -0.120. The second-order valence-electron chi connectivity index (χ2n) is 5.83. The molecule has 0 bridgehead atoms. The number of hydrazone groups is 1. The molecular formula is C20H23N5O4. The first kappa shape index (κ1) is 21.4. The van der Waals surface area contributed by atoms with Crippen molar-refractivity contribution in [3.8, 4) is 5.75 Å². The van der Waals surface area contributed by atoms with E-state index in [-0.39, 0.29) is 12.5 Å². The molecule has 29 heavy (non-hydrogen) atoms. The van der Waals surface area contributed by atoms with E-state index in [1.54, 1.807) is 48.5 Å². The van der Waals surface area contributed by atoms with Crippen LogP contribution in [0.3, 0.4) is 0 Å². The van der Waals surface area contributed by atoms with Gasteiger partial charge in [0.2, 0.25) is 5.91 Å². The zero-order valence-corrected chi connectivity index (χ0v) is 16.2. The van der Waals surface area contributed by atoms with Crippen molar-refractivity contribution in [3.63, 3.8) is 0 Å². The van der Waals surface area contributed by atoms with Crippen LogP contribution in [0.15, 0.2) is 53.6 Å². The fourth-order valence-corrected chi connectivity index (χ4v) is 2.25. The number of rotatable bonds is 8. The lowest BCUT2D eigenvalue weighted by atomic mass is 10.2. The van der Waals surface area contributed by atoms with E-state index in [1.165, 1.54) is 13.1 Å². The van der Waals surface area contributed by atoms with Gasteiger partial charge in [-0.05, 0) is 36.8 Å². The van der Waals surface area contributed by atoms with Crippen molar-refractivity contribution in [2.24, 2.45) is 5.10 Å². The number of benzene rings is 2. The first-order valence-corrected chi connectivity index (χ1v) is 8.94. The van der Waals surface area contributed by atoms with Crippen molar-refractivity contribution in [2.75, 3.05) is 23.8 Å². The zero-order chi connectivity index (χ0) is 21.1. The number of carbonyl (C=O) groups excluding carboxylic acids is 3. The molecule has 0 fully saturated rings. The summed E-state index contributed by atoms with van der Waals surface area (Å²) in [6, 6.07) is 13.4. The molecule has 0 aliphatic carbocycles. The van der Waals surface area contributed by atoms with Crippen molar-refractivity contribution in [3.05, 3.63) is 54.1 Å². The molecule has 0 saturated carbocycles. The van der Waals surface area contributed by atoms with Crippen LogP contribution in [-0.2, 0) is 9.59 Å². The molecular weight excluding hydrogens is 374 g/mol. The van der Waals surface area contributed by atoms with Crippen LogP contribution >= 0.6 is 0 Å². The highest BCUT2D eigenvalue weighted by Gasteiger charge is 2.08. The van der Waals surface area contributed by atoms with Crippen molar-refractivity contribution >= 4 is 35.4 Å². The van der Waals surface area contributed by atoms with Gasteiger partial charge in [-0.15, -0.1) is 0 Å². The molecule has 0 aromatic heterocycles. The third-order valence-corrected chi connectivity index (χ3v) is 3.48. The summed E-state index contributed by atoms with van der Waals surface area (Å²) in [5.41, 5.74) is 4.23. The third-order valence-electron chi connectivity index (χ3n) is 3.48. The van der Waals surface area contributed by atoms with Gasteiger partial charge in [-0.1, -0.05) is 24.3 Å². The standard InChI is InChI=1S/C20H23N5O4/c1-3-29-18-7-5-4-6-17(18)24-20(28)21-13-19(27)25-22-12-15-8-10-16(11-9-15)23-14(2)26/h4-12H,3,13H2,1-2H3,(H,23,26)(H,25,27)(H2,21,24,28)/b22-12-. The average molecular weight is 397 g/mol. The van der Waals surface area contributed by atoms with Crippen LogP contribution in [0.25, 0.3) is 0 Å². The maximum atomic E-state index is 12.0. The predicted molar refractivity (Wildman–Crippen MR) is 111 cm³/mol. The molecule has 0 unspecified atom stereocenters. The predicted octanol–water partition coefficient (Wildman–Crippen LogP) is 2.32. The zero-order valence-electron chi connectivity index (χ0n) is 16.2. The Bertz CT molecular complexity index is 881. The fraction of sp³-hybridized carbons (Fsp3) is 0.200. The van der Waals surface area contributed by atoms with E-state index < -0.39 is 11.9 Å². The molecule has 0 radical (unpaired) electrons. The highest BCUT2D eigenvalue weighted by Crippen LogP contribution is 2.23. The van der Waals surface area contributed by atoms with Crippen molar-refractivity contribution in [1.29, 1.82) is 0 Å². The minimum atomic E-state index is -0.537. The maximum absolute atomic E-state index is 12.0. The van der Waals surface area contributed by atoms with Gasteiger partial charge in [-0.2, -0.15) is 5.10 Å². The number of ether oxygens (including phenoxy) is 1. The minimum absolute atomic E-state index is 0.156. The van der Waals surface area contributed by atoms with Gasteiger partial charge in [0.15, 0.2) is 0 Å². The Labute approximate surface area is 168 Å². The Morgan fingerprint density at radius 2 is 1.76 bits per heavy atom. The van der Waals surface area contributed by atoms with Crippen molar-refractivity contribution in [2.45, 2.75) is 13.8 Å². The Hall–Kier alpha value is -3.88. The Kier molecular flexibility index (Phi) is 8.18. The molecule has 0 aliphatic rings. The van der Waals surface area contributed by atoms with E-state index in [2.05, 4.69) is 26.5 Å². The van der Waals surface area contributed by atoms with Crippen LogP contribution in [-0.4, -0.2) is 37.2 Å². The summed E-state index contributed by atoms with van der Waals surface area (Å²) in [5, 5.41) is 11.6. The van der Waals surface area contributed by atoms with Crippen molar-refractivity contribution in [1.82, 2.24) is 10.7 Å². The number of nitrogens with zero attached hydrogens (tertiary/aromatic N) is 1. The maximum Gasteiger partial charge on any atom is 0.319 e. The molecule has 2 aromatic rings. The van der Waals surface area contributed by atoms with Gasteiger partial charge >= 0.3 is 6.03 Å². The van der Waals surface area contributed by atoms with E-state index in [0.717, 1.165) is 5.56 Å². The van der Waals surface area contributed by atoms with Crippen LogP contribution in [0, 0.1) is 0 Å². The topological polar surface area (TPSA) is 121 Å². The number of amides is 4. The van der Waals surface area contributed by atoms with Crippen LogP contribution in [0.5, 0.6) is 5.75 Å². The van der Waals surface area contributed by atoms with E-state index in [1.807, 2.05) is 6.92 Å². The van der Waals surface area contributed by atoms with Crippen LogP contribution < -0.4 is 26.1 Å². The van der Waals surface area contributed by atoms with E-state index in [9.17, 15) is 14.4 Å². The number of urea groups is 1. The van der Waals surface area contributed by atoms with Gasteiger partial charge in [0, 0.05) is 12.6 Å². The fourth-order valence-electron chi connectivity index (χ4n) is 2.25. The minimum Gasteiger partial charge on any atom is -0.492 e. The third kappa shape index (κ3) is 7.71. The number of hydrogen-bond acceptors (Lipinski definition) is 5. The van der Waals surface area contributed by atoms with Gasteiger partial charge in [0.05, 0.1) is 18.5 Å². The summed E-state index contributed by atoms with van der Waals surface area (Å²) >= 11 is 0. The second kappa shape index (κ2) is 11.1. The molecule has 0 spiro atoms. The Balaban J connectivity index is 1.76. The summed E-state index contributed by atoms with van der Waals surface area (Å²) in [7, 11) is 0. The van der Waals surface area contributed by atoms with Crippen LogP contribution in [0.2, 0.25) is 0 Å². The first-order valence-electron chi connectivity index (χ1n) is 8.94. The van der Waals surface area contributed by atoms with E-state index >= 15 is 0 Å². The molecule has 0 heterocycles. The monoisotopic (exact) mass is 397 g/mol. The average Bonchev–Trinajstić information content (AvgIpc) is 2.69. The molecule has 152 valence electrons. The Morgan fingerprint density at radius 1 is 1.03 bits per heavy atom. The van der Waals surface area contributed by atoms with Gasteiger partial charge in [-0.25, -0.2) is 10.2 Å². The van der Waals surface area contributed by atoms with Gasteiger partial charge in [0.1, 0.15) is 12.3 Å². The molecule has 9 heteroatoms. The lowest BCUT2D eigenvalue weighted by Gasteiger charge is -2.11. The van der Waals surface area contributed by atoms with Gasteiger partial charge in [0.25, 0.3) is 5.91 Å². The van der Waals surface area contributed by atoms with Crippen LogP contribution in [0.1, 0.15) is 19.4 Å². The van der Waals surface area contributed by atoms with Gasteiger partial charge < -0.3 is 20.7 Å². The molecule has 4 N–H and O–H groups in total. The summed E-state index contributed by atoms with van der Waals surface area (Å²) < 4.78 is 5.42. The second-order valence-corrected chi connectivity index (χ2v) is 5.83. The highest BCUT2D eigenvalue weighted by atomic mass is 16.5. The number of anilines is 2. The summed E-state index contributed by atoms with van der Waals surface area (Å²) in [4.78, 5) is 34.7. The molecule has 2 rings (SSSR count). The largest absolute Gasteiger partial charge is 0.492 e. The number of para-hydroxylation sites is 2. The quantitative estimate of drug-likeness (QED) is 0.403. The first-order chi connectivity index (χ1) is 14.0. The van der Waals surface area contributed by atoms with Crippen LogP contribution in [0.4, 0.5) is 16.2 Å². The lowest BCUT2D eigenvalue weighted by Crippen LogP contribution is -2.37. The SMILES string of the molecule is CCOc1ccccc1NC(=O)NCC(=O)N/N=C\c1ccc(NC(C)=O)cc1. The smallest absolute Gasteiger partial charge is 0.319 e. The molecule has 9 nitrogen and oxygen atoms in total. The number of carbonyl (C=O) groups is 3. The van der Waals surface area contributed by atoms with E-state index in [4.69, 9.17) is 4.74 Å². The summed E-state index contributed by atoms with van der Waals surface area (Å²) in [5.74, 6) is -0.0929. The van der Waals surface area contributed by atoms with E-state index in [0.29, 0.717) is 23.7 Å². The number of nitrogens with one attached hydrogen (secondary N) is 4. The molecule has 4 amide bonds. The molecule has 0 aliphatic heterocycles. The molecule has 0 atom stereocenters. The highest BCUT2D eigenvalue weighted by molar-refractivity contribution is 5.93.